The van der Waals surface area contributed by atoms with Gasteiger partial charge in [-0.3, -0.25) is 4.79 Å². The van der Waals surface area contributed by atoms with Crippen LogP contribution in [0.1, 0.15) is 43.4 Å². The van der Waals surface area contributed by atoms with Gasteiger partial charge in [-0.1, -0.05) is 13.8 Å². The quantitative estimate of drug-likeness (QED) is 0.815. The molecule has 1 aromatic rings. The van der Waals surface area contributed by atoms with Gasteiger partial charge in [-0.2, -0.15) is 0 Å². The van der Waals surface area contributed by atoms with E-state index in [2.05, 4.69) is 24.1 Å². The first kappa shape index (κ1) is 13.7. The Morgan fingerprint density at radius 2 is 2.29 bits per heavy atom. The van der Waals surface area contributed by atoms with Gasteiger partial charge in [0.25, 0.3) is 5.91 Å². The van der Waals surface area contributed by atoms with E-state index in [4.69, 9.17) is 10.2 Å². The van der Waals surface area contributed by atoms with Crippen LogP contribution in [0.3, 0.4) is 0 Å². The van der Waals surface area contributed by atoms with E-state index < -0.39 is 5.54 Å². The Morgan fingerprint density at radius 3 is 2.71 bits per heavy atom. The number of amides is 1. The number of rotatable bonds is 5. The summed E-state index contributed by atoms with van der Waals surface area (Å²) in [5.74, 6) is 0.749. The molecule has 17 heavy (non-hydrogen) atoms. The molecule has 0 aliphatic heterocycles. The Balaban J connectivity index is 2.75. The summed E-state index contributed by atoms with van der Waals surface area (Å²) in [4.78, 5) is 15.9. The van der Waals surface area contributed by atoms with Crippen LogP contribution in [0.25, 0.3) is 0 Å². The van der Waals surface area contributed by atoms with Crippen molar-refractivity contribution in [2.45, 2.75) is 39.7 Å². The molecule has 0 saturated carbocycles. The number of nitrogens with one attached hydrogen (secondary N) is 1. The lowest BCUT2D eigenvalue weighted by Crippen LogP contribution is -2.52. The molecule has 1 aromatic heterocycles. The molecule has 0 radical (unpaired) electrons. The van der Waals surface area contributed by atoms with Gasteiger partial charge in [-0.25, -0.2) is 4.98 Å². The molecule has 0 spiro atoms. The van der Waals surface area contributed by atoms with Crippen molar-refractivity contribution < 1.29 is 9.21 Å². The Morgan fingerprint density at radius 1 is 1.65 bits per heavy atom. The van der Waals surface area contributed by atoms with Crippen molar-refractivity contribution in [2.24, 2.45) is 11.7 Å². The standard InChI is InChI=1S/C12H21N3O2/c1-8(2)5-12(4,6-13)15-11(16)10-9(3)17-7-14-10/h7-8H,5-6,13H2,1-4H3,(H,15,16). The van der Waals surface area contributed by atoms with Gasteiger partial charge in [-0.15, -0.1) is 0 Å². The minimum absolute atomic E-state index is 0.232. The topological polar surface area (TPSA) is 81.2 Å². The van der Waals surface area contributed by atoms with Gasteiger partial charge in [-0.05, 0) is 26.2 Å². The molecule has 1 atom stereocenters. The predicted octanol–water partition coefficient (Wildman–Crippen LogP) is 1.48. The molecule has 0 aromatic carbocycles. The first-order valence-electron chi connectivity index (χ1n) is 5.80. The fraction of sp³-hybridized carbons (Fsp3) is 0.667. The van der Waals surface area contributed by atoms with Crippen molar-refractivity contribution in [3.05, 3.63) is 17.8 Å². The van der Waals surface area contributed by atoms with Crippen LogP contribution < -0.4 is 11.1 Å². The summed E-state index contributed by atoms with van der Waals surface area (Å²) in [7, 11) is 0. The number of nitrogens with zero attached hydrogens (tertiary/aromatic N) is 1. The molecule has 5 nitrogen and oxygen atoms in total. The fourth-order valence-electron chi connectivity index (χ4n) is 1.94. The monoisotopic (exact) mass is 239 g/mol. The van der Waals surface area contributed by atoms with Crippen LogP contribution in [0.4, 0.5) is 0 Å². The lowest BCUT2D eigenvalue weighted by molar-refractivity contribution is 0.0892. The molecule has 0 saturated heterocycles. The van der Waals surface area contributed by atoms with Crippen LogP contribution in [0.5, 0.6) is 0 Å². The van der Waals surface area contributed by atoms with Crippen molar-refractivity contribution in [3.63, 3.8) is 0 Å². The molecule has 0 fully saturated rings. The highest BCUT2D eigenvalue weighted by molar-refractivity contribution is 5.93. The van der Waals surface area contributed by atoms with Crippen LogP contribution in [0.2, 0.25) is 0 Å². The van der Waals surface area contributed by atoms with Crippen LogP contribution in [-0.4, -0.2) is 23.0 Å². The van der Waals surface area contributed by atoms with E-state index in [9.17, 15) is 4.79 Å². The average Bonchev–Trinajstić information content (AvgIpc) is 2.63. The second-order valence-corrected chi connectivity index (χ2v) is 5.07. The highest BCUT2D eigenvalue weighted by atomic mass is 16.3. The molecule has 1 unspecified atom stereocenters. The molecule has 3 N–H and O–H groups in total. The summed E-state index contributed by atoms with van der Waals surface area (Å²) in [6.07, 6.45) is 2.10. The number of oxazole rings is 1. The summed E-state index contributed by atoms with van der Waals surface area (Å²) in [6, 6.07) is 0. The van der Waals surface area contributed by atoms with Gasteiger partial charge in [0, 0.05) is 6.54 Å². The minimum atomic E-state index is -0.406. The van der Waals surface area contributed by atoms with E-state index in [0.717, 1.165) is 6.42 Å². The first-order chi connectivity index (χ1) is 7.88. The molecule has 0 aliphatic carbocycles. The number of carbonyl (C=O) groups excluding carboxylic acids is 1. The van der Waals surface area contributed by atoms with E-state index in [0.29, 0.717) is 23.9 Å². The van der Waals surface area contributed by atoms with E-state index in [1.165, 1.54) is 6.39 Å². The summed E-state index contributed by atoms with van der Waals surface area (Å²) >= 11 is 0. The third kappa shape index (κ3) is 3.56. The van der Waals surface area contributed by atoms with Gasteiger partial charge < -0.3 is 15.5 Å². The Hall–Kier alpha value is -1.36. The minimum Gasteiger partial charge on any atom is -0.448 e. The second-order valence-electron chi connectivity index (χ2n) is 5.07. The Labute approximate surface area is 102 Å². The normalized spacial score (nSPS) is 14.7. The summed E-state index contributed by atoms with van der Waals surface area (Å²) < 4.78 is 5.01. The van der Waals surface area contributed by atoms with Gasteiger partial charge in [0.1, 0.15) is 5.76 Å². The number of aryl methyl sites for hydroxylation is 1. The van der Waals surface area contributed by atoms with Crippen molar-refractivity contribution >= 4 is 5.91 Å². The zero-order valence-electron chi connectivity index (χ0n) is 10.9. The number of hydrogen-bond acceptors (Lipinski definition) is 4. The number of carbonyl (C=O) groups is 1. The average molecular weight is 239 g/mol. The zero-order chi connectivity index (χ0) is 13.1. The number of hydrogen-bond donors (Lipinski definition) is 2. The largest absolute Gasteiger partial charge is 0.448 e. The SMILES string of the molecule is Cc1ocnc1C(=O)NC(C)(CN)CC(C)C. The summed E-state index contributed by atoms with van der Waals surface area (Å²) in [5.41, 5.74) is 5.66. The van der Waals surface area contributed by atoms with Gasteiger partial charge >= 0.3 is 0 Å². The van der Waals surface area contributed by atoms with Crippen LogP contribution in [-0.2, 0) is 0 Å². The highest BCUT2D eigenvalue weighted by Crippen LogP contribution is 2.16. The lowest BCUT2D eigenvalue weighted by Gasteiger charge is -2.30. The van der Waals surface area contributed by atoms with E-state index in [1.54, 1.807) is 6.92 Å². The maximum atomic E-state index is 12.0. The van der Waals surface area contributed by atoms with Gasteiger partial charge in [0.05, 0.1) is 5.54 Å². The molecule has 5 heteroatoms. The molecular weight excluding hydrogens is 218 g/mol. The van der Waals surface area contributed by atoms with E-state index in [1.807, 2.05) is 6.92 Å². The number of nitrogens with two attached hydrogens (primary N) is 1. The molecule has 1 amide bonds. The molecule has 0 aliphatic rings. The first-order valence-corrected chi connectivity index (χ1v) is 5.80. The van der Waals surface area contributed by atoms with Gasteiger partial charge in [0.2, 0.25) is 0 Å². The van der Waals surface area contributed by atoms with Crippen molar-refractivity contribution in [1.82, 2.24) is 10.3 Å². The van der Waals surface area contributed by atoms with Gasteiger partial charge in [0.15, 0.2) is 12.1 Å². The zero-order valence-corrected chi connectivity index (χ0v) is 10.9. The smallest absolute Gasteiger partial charge is 0.273 e. The maximum Gasteiger partial charge on any atom is 0.273 e. The highest BCUT2D eigenvalue weighted by Gasteiger charge is 2.27. The lowest BCUT2D eigenvalue weighted by atomic mass is 9.90. The van der Waals surface area contributed by atoms with Crippen molar-refractivity contribution in [3.8, 4) is 0 Å². The van der Waals surface area contributed by atoms with E-state index in [-0.39, 0.29) is 5.91 Å². The van der Waals surface area contributed by atoms with Crippen molar-refractivity contribution in [1.29, 1.82) is 0 Å². The Bertz CT molecular complexity index is 387. The molecule has 1 rings (SSSR count). The fourth-order valence-corrected chi connectivity index (χ4v) is 1.94. The third-order valence-corrected chi connectivity index (χ3v) is 2.68. The van der Waals surface area contributed by atoms with E-state index >= 15 is 0 Å². The predicted molar refractivity (Wildman–Crippen MR) is 65.6 cm³/mol. The van der Waals surface area contributed by atoms with Crippen LogP contribution >= 0.6 is 0 Å². The summed E-state index contributed by atoms with van der Waals surface area (Å²) in [6.45, 7) is 8.25. The third-order valence-electron chi connectivity index (χ3n) is 2.68. The maximum absolute atomic E-state index is 12.0. The second kappa shape index (κ2) is 5.31. The van der Waals surface area contributed by atoms with Crippen LogP contribution in [0, 0.1) is 12.8 Å². The van der Waals surface area contributed by atoms with Crippen molar-refractivity contribution in [2.75, 3.05) is 6.54 Å². The Kier molecular flexibility index (Phi) is 4.28. The molecule has 96 valence electrons. The molecule has 1 heterocycles. The molecular formula is C12H21N3O2. The summed E-state index contributed by atoms with van der Waals surface area (Å²) in [5, 5.41) is 2.93. The molecule has 0 bridgehead atoms. The number of aromatic nitrogens is 1. The van der Waals surface area contributed by atoms with Crippen LogP contribution in [0.15, 0.2) is 10.8 Å².